The minimum Gasteiger partial charge on any atom is -0.361 e. The van der Waals surface area contributed by atoms with E-state index in [1.807, 2.05) is 11.8 Å². The number of aromatic amines is 1. The largest absolute Gasteiger partial charge is 0.361 e. The lowest BCUT2D eigenvalue weighted by Crippen LogP contribution is -2.92. The highest BCUT2D eigenvalue weighted by Crippen LogP contribution is 2.29. The average Bonchev–Trinajstić information content (AvgIpc) is 3.39. The van der Waals surface area contributed by atoms with Crippen LogP contribution in [0.3, 0.4) is 0 Å². The van der Waals surface area contributed by atoms with Crippen LogP contribution in [-0.4, -0.2) is 41.5 Å². The van der Waals surface area contributed by atoms with Crippen LogP contribution in [0.25, 0.3) is 10.9 Å². The summed E-state index contributed by atoms with van der Waals surface area (Å²) in [7, 11) is 0. The second kappa shape index (κ2) is 7.97. The van der Waals surface area contributed by atoms with Crippen molar-refractivity contribution in [2.75, 3.05) is 19.6 Å². The summed E-state index contributed by atoms with van der Waals surface area (Å²) in [5, 5.41) is 3.47. The highest BCUT2D eigenvalue weighted by molar-refractivity contribution is 5.84. The number of amides is 1. The molecule has 27 heavy (non-hydrogen) atoms. The number of carbonyl (C=O) groups excluding carboxylic acids is 1. The van der Waals surface area contributed by atoms with Gasteiger partial charge in [-0.15, -0.1) is 0 Å². The molecule has 1 aromatic heterocycles. The summed E-state index contributed by atoms with van der Waals surface area (Å²) >= 11 is 0. The molecule has 2 heterocycles. The van der Waals surface area contributed by atoms with Gasteiger partial charge in [0, 0.05) is 30.2 Å². The third-order valence-corrected chi connectivity index (χ3v) is 5.73. The smallest absolute Gasteiger partial charge is 0.280 e. The SMILES string of the molecule is C[C@H]([NH2+]C[C@@H](c1ccccc1)c1c[nH]c2ccccc12)C(=O)N1CCCC1. The first-order valence-corrected chi connectivity index (χ1v) is 9.97. The van der Waals surface area contributed by atoms with Crippen LogP contribution < -0.4 is 5.32 Å². The van der Waals surface area contributed by atoms with Crippen LogP contribution in [0.2, 0.25) is 0 Å². The molecule has 1 amide bonds. The van der Waals surface area contributed by atoms with Crippen molar-refractivity contribution in [3.05, 3.63) is 71.9 Å². The summed E-state index contributed by atoms with van der Waals surface area (Å²) in [6.07, 6.45) is 4.41. The van der Waals surface area contributed by atoms with Crippen LogP contribution in [0.1, 0.15) is 36.8 Å². The fourth-order valence-corrected chi connectivity index (χ4v) is 4.18. The second-order valence-corrected chi connectivity index (χ2v) is 7.55. The molecule has 1 saturated heterocycles. The molecule has 0 bridgehead atoms. The molecular weight excluding hydrogens is 334 g/mol. The van der Waals surface area contributed by atoms with E-state index in [0.29, 0.717) is 0 Å². The van der Waals surface area contributed by atoms with Gasteiger partial charge in [0.05, 0.1) is 12.5 Å². The summed E-state index contributed by atoms with van der Waals surface area (Å²) in [6.45, 7) is 4.73. The molecular formula is C23H28N3O+. The van der Waals surface area contributed by atoms with Crippen LogP contribution in [-0.2, 0) is 4.79 Å². The van der Waals surface area contributed by atoms with E-state index in [1.54, 1.807) is 0 Å². The maximum atomic E-state index is 12.7. The molecule has 0 unspecified atom stereocenters. The number of H-pyrrole nitrogens is 1. The zero-order chi connectivity index (χ0) is 18.6. The molecule has 2 aromatic carbocycles. The summed E-state index contributed by atoms with van der Waals surface area (Å²) in [4.78, 5) is 18.1. The van der Waals surface area contributed by atoms with Crippen LogP contribution >= 0.6 is 0 Å². The molecule has 140 valence electrons. The third kappa shape index (κ3) is 3.76. The van der Waals surface area contributed by atoms with Gasteiger partial charge in [-0.2, -0.15) is 0 Å². The molecule has 3 aromatic rings. The van der Waals surface area contributed by atoms with E-state index in [0.717, 1.165) is 38.0 Å². The van der Waals surface area contributed by atoms with Crippen LogP contribution in [0.15, 0.2) is 60.8 Å². The number of nitrogens with zero attached hydrogens (tertiary/aromatic N) is 1. The van der Waals surface area contributed by atoms with Gasteiger partial charge in [0.2, 0.25) is 0 Å². The van der Waals surface area contributed by atoms with Gasteiger partial charge in [-0.3, -0.25) is 4.79 Å². The number of nitrogens with one attached hydrogen (secondary N) is 1. The van der Waals surface area contributed by atoms with E-state index in [2.05, 4.69) is 71.1 Å². The van der Waals surface area contributed by atoms with E-state index in [4.69, 9.17) is 0 Å². The van der Waals surface area contributed by atoms with Crippen molar-refractivity contribution in [1.29, 1.82) is 0 Å². The zero-order valence-electron chi connectivity index (χ0n) is 15.9. The molecule has 3 N–H and O–H groups in total. The van der Waals surface area contributed by atoms with Crippen molar-refractivity contribution < 1.29 is 10.1 Å². The Morgan fingerprint density at radius 3 is 2.56 bits per heavy atom. The lowest BCUT2D eigenvalue weighted by atomic mass is 9.90. The Labute approximate surface area is 160 Å². The molecule has 0 radical (unpaired) electrons. The first-order valence-electron chi connectivity index (χ1n) is 9.97. The van der Waals surface area contributed by atoms with Gasteiger partial charge in [-0.05, 0) is 37.0 Å². The first-order chi connectivity index (χ1) is 13.2. The summed E-state index contributed by atoms with van der Waals surface area (Å²) < 4.78 is 0. The Morgan fingerprint density at radius 1 is 1.07 bits per heavy atom. The quantitative estimate of drug-likeness (QED) is 0.696. The molecule has 1 aliphatic heterocycles. The number of aromatic nitrogens is 1. The fourth-order valence-electron chi connectivity index (χ4n) is 4.18. The Morgan fingerprint density at radius 2 is 1.78 bits per heavy atom. The first kappa shape index (κ1) is 17.8. The predicted molar refractivity (Wildman–Crippen MR) is 109 cm³/mol. The van der Waals surface area contributed by atoms with Gasteiger partial charge in [-0.1, -0.05) is 48.5 Å². The monoisotopic (exact) mass is 362 g/mol. The normalized spacial score (nSPS) is 16.6. The highest BCUT2D eigenvalue weighted by Gasteiger charge is 2.27. The number of benzene rings is 2. The topological polar surface area (TPSA) is 52.7 Å². The maximum Gasteiger partial charge on any atom is 0.280 e. The van der Waals surface area contributed by atoms with Crippen molar-refractivity contribution >= 4 is 16.8 Å². The van der Waals surface area contributed by atoms with Crippen LogP contribution in [0.5, 0.6) is 0 Å². The van der Waals surface area contributed by atoms with Gasteiger partial charge >= 0.3 is 0 Å². The van der Waals surface area contributed by atoms with Gasteiger partial charge in [-0.25, -0.2) is 0 Å². The lowest BCUT2D eigenvalue weighted by molar-refractivity contribution is -0.675. The maximum absolute atomic E-state index is 12.7. The molecule has 4 nitrogen and oxygen atoms in total. The highest BCUT2D eigenvalue weighted by atomic mass is 16.2. The third-order valence-electron chi connectivity index (χ3n) is 5.73. The van der Waals surface area contributed by atoms with Crippen LogP contribution in [0.4, 0.5) is 0 Å². The molecule has 4 heteroatoms. The zero-order valence-corrected chi connectivity index (χ0v) is 15.9. The van der Waals surface area contributed by atoms with Crippen LogP contribution in [0, 0.1) is 0 Å². The number of quaternary nitrogens is 1. The molecule has 1 fully saturated rings. The lowest BCUT2D eigenvalue weighted by Gasteiger charge is -2.22. The van der Waals surface area contributed by atoms with Crippen molar-refractivity contribution in [3.8, 4) is 0 Å². The molecule has 0 aliphatic carbocycles. The molecule has 4 rings (SSSR count). The number of hydrogen-bond acceptors (Lipinski definition) is 1. The molecule has 0 spiro atoms. The van der Waals surface area contributed by atoms with E-state index >= 15 is 0 Å². The number of nitrogens with two attached hydrogens (primary N) is 1. The van der Waals surface area contributed by atoms with Crippen molar-refractivity contribution in [2.45, 2.75) is 31.7 Å². The minimum absolute atomic E-state index is 0.0421. The van der Waals surface area contributed by atoms with Crippen molar-refractivity contribution in [1.82, 2.24) is 9.88 Å². The van der Waals surface area contributed by atoms with Gasteiger partial charge in [0.15, 0.2) is 6.04 Å². The summed E-state index contributed by atoms with van der Waals surface area (Å²) in [5.74, 6) is 0.523. The number of hydrogen-bond donors (Lipinski definition) is 2. The number of fused-ring (bicyclic) bond motifs is 1. The Hall–Kier alpha value is -2.59. The number of rotatable bonds is 6. The predicted octanol–water partition coefficient (Wildman–Crippen LogP) is 2.87. The van der Waals surface area contributed by atoms with Gasteiger partial charge in [0.25, 0.3) is 5.91 Å². The van der Waals surface area contributed by atoms with E-state index in [1.165, 1.54) is 16.5 Å². The van der Waals surface area contributed by atoms with Gasteiger partial charge in [0.1, 0.15) is 0 Å². The van der Waals surface area contributed by atoms with E-state index < -0.39 is 0 Å². The minimum atomic E-state index is -0.0421. The molecule has 2 atom stereocenters. The molecule has 0 saturated carbocycles. The Bertz CT molecular complexity index is 896. The number of para-hydroxylation sites is 1. The Balaban J connectivity index is 1.57. The summed E-state index contributed by atoms with van der Waals surface area (Å²) in [6, 6.07) is 19.0. The second-order valence-electron chi connectivity index (χ2n) is 7.55. The fraction of sp³-hybridized carbons (Fsp3) is 0.348. The average molecular weight is 362 g/mol. The number of carbonyl (C=O) groups is 1. The van der Waals surface area contributed by atoms with Gasteiger partial charge < -0.3 is 15.2 Å². The summed E-state index contributed by atoms with van der Waals surface area (Å²) in [5.41, 5.74) is 3.75. The van der Waals surface area contributed by atoms with E-state index in [-0.39, 0.29) is 17.9 Å². The Kier molecular flexibility index (Phi) is 5.26. The van der Waals surface area contributed by atoms with Crippen molar-refractivity contribution in [2.24, 2.45) is 0 Å². The van der Waals surface area contributed by atoms with E-state index in [9.17, 15) is 4.79 Å². The van der Waals surface area contributed by atoms with Crippen molar-refractivity contribution in [3.63, 3.8) is 0 Å². The number of likely N-dealkylation sites (tertiary alicyclic amines) is 1. The standard InChI is InChI=1S/C23H27N3O/c1-17(23(27)26-13-7-8-14-26)24-15-20(18-9-3-2-4-10-18)21-16-25-22-12-6-5-11-19(21)22/h2-6,9-12,16-17,20,24-25H,7-8,13-15H2,1H3/p+1/t17-,20-/m0/s1. The molecule has 1 aliphatic rings.